The van der Waals surface area contributed by atoms with Crippen LogP contribution < -0.4 is 0 Å². The van der Waals surface area contributed by atoms with Gasteiger partial charge in [0.05, 0.1) is 6.61 Å². The average molecular weight is 164 g/mol. The Morgan fingerprint density at radius 3 is 3.08 bits per heavy atom. The molecular weight excluding hydrogens is 148 g/mol. The Morgan fingerprint density at radius 2 is 2.25 bits per heavy atom. The molecule has 66 valence electrons. The summed E-state index contributed by atoms with van der Waals surface area (Å²) < 4.78 is 5.52. The van der Waals surface area contributed by atoms with Crippen LogP contribution in [0.1, 0.15) is 13.8 Å². The molecule has 2 aliphatic rings. The molecule has 1 saturated heterocycles. The number of allylic oxidation sites excluding steroid dienone is 3. The van der Waals surface area contributed by atoms with E-state index >= 15 is 0 Å². The van der Waals surface area contributed by atoms with Crippen molar-refractivity contribution in [2.24, 2.45) is 17.8 Å². The first-order chi connectivity index (χ1) is 5.77. The predicted octanol–water partition coefficient (Wildman–Crippen LogP) is 2.40. The van der Waals surface area contributed by atoms with Crippen LogP contribution >= 0.6 is 0 Å². The Hall–Kier alpha value is -0.560. The van der Waals surface area contributed by atoms with Crippen LogP contribution in [0.15, 0.2) is 23.8 Å². The molecule has 1 fully saturated rings. The highest BCUT2D eigenvalue weighted by molar-refractivity contribution is 5.24. The van der Waals surface area contributed by atoms with Gasteiger partial charge in [-0.25, -0.2) is 0 Å². The minimum absolute atomic E-state index is 0.638. The molecule has 3 atom stereocenters. The van der Waals surface area contributed by atoms with Gasteiger partial charge in [0.25, 0.3) is 0 Å². The predicted molar refractivity (Wildman–Crippen MR) is 49.9 cm³/mol. The van der Waals surface area contributed by atoms with Crippen LogP contribution in [0.5, 0.6) is 0 Å². The van der Waals surface area contributed by atoms with Crippen LogP contribution in [-0.4, -0.2) is 13.2 Å². The molecule has 1 heterocycles. The van der Waals surface area contributed by atoms with E-state index in [2.05, 4.69) is 32.1 Å². The summed E-state index contributed by atoms with van der Waals surface area (Å²) in [6.07, 6.45) is 6.94. The molecular formula is C11H16O. The van der Waals surface area contributed by atoms with Gasteiger partial charge in [-0.3, -0.25) is 0 Å². The molecule has 0 radical (unpaired) electrons. The van der Waals surface area contributed by atoms with Gasteiger partial charge in [-0.1, -0.05) is 30.7 Å². The maximum atomic E-state index is 5.52. The van der Waals surface area contributed by atoms with Gasteiger partial charge in [0.1, 0.15) is 0 Å². The number of ether oxygens (including phenoxy) is 1. The van der Waals surface area contributed by atoms with Gasteiger partial charge in [0, 0.05) is 12.5 Å². The number of rotatable bonds is 0. The molecule has 0 aromatic heterocycles. The second-order valence-corrected chi connectivity index (χ2v) is 4.03. The van der Waals surface area contributed by atoms with Crippen molar-refractivity contribution in [1.82, 2.24) is 0 Å². The van der Waals surface area contributed by atoms with Crippen molar-refractivity contribution < 1.29 is 4.74 Å². The Kier molecular flexibility index (Phi) is 2.05. The fourth-order valence-corrected chi connectivity index (χ4v) is 2.18. The Bertz CT molecular complexity index is 227. The zero-order chi connectivity index (χ0) is 8.55. The summed E-state index contributed by atoms with van der Waals surface area (Å²) in [5, 5.41) is 0. The van der Waals surface area contributed by atoms with Crippen molar-refractivity contribution in [3.05, 3.63) is 23.8 Å². The van der Waals surface area contributed by atoms with Crippen molar-refractivity contribution in [1.29, 1.82) is 0 Å². The molecule has 1 heteroatoms. The normalized spacial score (nSPS) is 40.5. The third-order valence-corrected chi connectivity index (χ3v) is 2.90. The van der Waals surface area contributed by atoms with E-state index in [1.807, 2.05) is 0 Å². The van der Waals surface area contributed by atoms with E-state index in [1.54, 1.807) is 0 Å². The lowest BCUT2D eigenvalue weighted by Gasteiger charge is -2.35. The second-order valence-electron chi connectivity index (χ2n) is 4.03. The highest BCUT2D eigenvalue weighted by Crippen LogP contribution is 2.32. The summed E-state index contributed by atoms with van der Waals surface area (Å²) >= 11 is 0. The van der Waals surface area contributed by atoms with Gasteiger partial charge in [0.15, 0.2) is 0 Å². The lowest BCUT2D eigenvalue weighted by Crippen LogP contribution is -2.33. The van der Waals surface area contributed by atoms with E-state index in [0.29, 0.717) is 11.8 Å². The average Bonchev–Trinajstić information content (AvgIpc) is 2.04. The van der Waals surface area contributed by atoms with Crippen molar-refractivity contribution in [2.45, 2.75) is 13.8 Å². The topological polar surface area (TPSA) is 9.23 Å². The van der Waals surface area contributed by atoms with Gasteiger partial charge < -0.3 is 4.74 Å². The zero-order valence-electron chi connectivity index (χ0n) is 7.79. The second kappa shape index (κ2) is 3.06. The smallest absolute Gasteiger partial charge is 0.0534 e. The molecule has 0 spiro atoms. The molecule has 0 saturated carbocycles. The number of fused-ring (bicyclic) bond motifs is 1. The van der Waals surface area contributed by atoms with E-state index in [0.717, 1.165) is 19.1 Å². The minimum Gasteiger partial charge on any atom is -0.381 e. The molecule has 0 aromatic carbocycles. The lowest BCUT2D eigenvalue weighted by atomic mass is 9.77. The van der Waals surface area contributed by atoms with Crippen LogP contribution in [-0.2, 0) is 4.74 Å². The molecule has 1 nitrogen and oxygen atoms in total. The van der Waals surface area contributed by atoms with Gasteiger partial charge in [-0.05, 0) is 18.8 Å². The monoisotopic (exact) mass is 164 g/mol. The van der Waals surface area contributed by atoms with Gasteiger partial charge >= 0.3 is 0 Å². The van der Waals surface area contributed by atoms with Crippen molar-refractivity contribution in [3.8, 4) is 0 Å². The van der Waals surface area contributed by atoms with Gasteiger partial charge in [-0.2, -0.15) is 0 Å². The molecule has 0 aromatic rings. The molecule has 2 unspecified atom stereocenters. The van der Waals surface area contributed by atoms with Crippen molar-refractivity contribution >= 4 is 0 Å². The maximum absolute atomic E-state index is 5.52. The standard InChI is InChI=1S/C11H16O/c1-8-3-4-11-9(2)6-12-7-10(11)5-8/h3-5,9-11H,6-7H2,1-2H3/t9-,10?,11?/m1/s1. The third-order valence-electron chi connectivity index (χ3n) is 2.90. The third kappa shape index (κ3) is 1.34. The zero-order valence-corrected chi connectivity index (χ0v) is 7.79. The van der Waals surface area contributed by atoms with Crippen LogP contribution in [0, 0.1) is 17.8 Å². The first kappa shape index (κ1) is 8.06. The Morgan fingerprint density at radius 1 is 1.42 bits per heavy atom. The molecule has 2 rings (SSSR count). The maximum Gasteiger partial charge on any atom is 0.0534 e. The quantitative estimate of drug-likeness (QED) is 0.534. The number of hydrogen-bond acceptors (Lipinski definition) is 1. The molecule has 0 bridgehead atoms. The first-order valence-corrected chi connectivity index (χ1v) is 4.72. The van der Waals surface area contributed by atoms with Crippen LogP contribution in [0.2, 0.25) is 0 Å². The SMILES string of the molecule is CC1=CC2COC[C@@H](C)C2C=C1. The summed E-state index contributed by atoms with van der Waals surface area (Å²) in [4.78, 5) is 0. The summed E-state index contributed by atoms with van der Waals surface area (Å²) in [6, 6.07) is 0. The summed E-state index contributed by atoms with van der Waals surface area (Å²) in [5.74, 6) is 2.05. The molecule has 1 aliphatic heterocycles. The van der Waals surface area contributed by atoms with E-state index in [4.69, 9.17) is 4.74 Å². The molecule has 0 N–H and O–H groups in total. The Labute approximate surface area is 74.1 Å². The van der Waals surface area contributed by atoms with E-state index in [1.165, 1.54) is 5.57 Å². The highest BCUT2D eigenvalue weighted by atomic mass is 16.5. The van der Waals surface area contributed by atoms with Crippen LogP contribution in [0.25, 0.3) is 0 Å². The van der Waals surface area contributed by atoms with Gasteiger partial charge in [0.2, 0.25) is 0 Å². The summed E-state index contributed by atoms with van der Waals surface area (Å²) in [6.45, 7) is 6.27. The fourth-order valence-electron chi connectivity index (χ4n) is 2.18. The van der Waals surface area contributed by atoms with E-state index in [9.17, 15) is 0 Å². The van der Waals surface area contributed by atoms with E-state index < -0.39 is 0 Å². The highest BCUT2D eigenvalue weighted by Gasteiger charge is 2.29. The van der Waals surface area contributed by atoms with E-state index in [-0.39, 0.29) is 0 Å². The van der Waals surface area contributed by atoms with Crippen LogP contribution in [0.4, 0.5) is 0 Å². The van der Waals surface area contributed by atoms with Crippen molar-refractivity contribution in [3.63, 3.8) is 0 Å². The minimum atomic E-state index is 0.638. The summed E-state index contributed by atoms with van der Waals surface area (Å²) in [7, 11) is 0. The van der Waals surface area contributed by atoms with Gasteiger partial charge in [-0.15, -0.1) is 0 Å². The first-order valence-electron chi connectivity index (χ1n) is 4.72. The molecule has 12 heavy (non-hydrogen) atoms. The molecule has 0 amide bonds. The Balaban J connectivity index is 2.17. The van der Waals surface area contributed by atoms with Crippen LogP contribution in [0.3, 0.4) is 0 Å². The van der Waals surface area contributed by atoms with Crippen molar-refractivity contribution in [2.75, 3.05) is 13.2 Å². The number of hydrogen-bond donors (Lipinski definition) is 0. The lowest BCUT2D eigenvalue weighted by molar-refractivity contribution is 0.00934. The largest absolute Gasteiger partial charge is 0.381 e. The molecule has 1 aliphatic carbocycles. The summed E-state index contributed by atoms with van der Waals surface area (Å²) in [5.41, 5.74) is 1.38. The fraction of sp³-hybridized carbons (Fsp3) is 0.636.